The van der Waals surface area contributed by atoms with E-state index in [0.29, 0.717) is 6.54 Å². The quantitative estimate of drug-likeness (QED) is 0.269. The van der Waals surface area contributed by atoms with E-state index >= 15 is 0 Å². The molecule has 3 aromatic rings. The van der Waals surface area contributed by atoms with Crippen molar-refractivity contribution in [2.24, 2.45) is 4.99 Å². The number of piperazine rings is 1. The van der Waals surface area contributed by atoms with Crippen LogP contribution in [0.5, 0.6) is 0 Å². The third-order valence-electron chi connectivity index (χ3n) is 5.53. The summed E-state index contributed by atoms with van der Waals surface area (Å²) < 4.78 is 6.62. The molecular formula is C22H31IN8S. The lowest BCUT2D eigenvalue weighted by molar-refractivity contribution is 0.371. The second kappa shape index (κ2) is 12.1. The van der Waals surface area contributed by atoms with Crippen LogP contribution in [0.1, 0.15) is 24.1 Å². The van der Waals surface area contributed by atoms with Crippen LogP contribution in [0.4, 0.5) is 5.13 Å². The first kappa shape index (κ1) is 24.4. The molecule has 8 nitrogen and oxygen atoms in total. The Kier molecular flexibility index (Phi) is 9.27. The number of anilines is 1. The van der Waals surface area contributed by atoms with Crippen LogP contribution in [-0.4, -0.2) is 63.0 Å². The summed E-state index contributed by atoms with van der Waals surface area (Å²) in [5.74, 6) is 2.88. The lowest BCUT2D eigenvalue weighted by Gasteiger charge is -2.36. The van der Waals surface area contributed by atoms with Gasteiger partial charge in [-0.2, -0.15) is 4.37 Å². The molecule has 0 amide bonds. The van der Waals surface area contributed by atoms with Crippen LogP contribution in [0.15, 0.2) is 47.7 Å². The SMILES string of the molecule is CCc1nsc(N2CCN(C(=NC)NCc3nccn3CCc3ccccc3)CC2)n1.I. The van der Waals surface area contributed by atoms with E-state index in [2.05, 4.69) is 76.3 Å². The number of aryl methyl sites for hydroxylation is 3. The highest BCUT2D eigenvalue weighted by atomic mass is 127. The number of halogens is 1. The van der Waals surface area contributed by atoms with Crippen LogP contribution in [0.2, 0.25) is 0 Å². The zero-order valence-corrected chi connectivity index (χ0v) is 21.8. The van der Waals surface area contributed by atoms with Gasteiger partial charge in [0, 0.05) is 70.1 Å². The molecule has 4 rings (SSSR count). The summed E-state index contributed by atoms with van der Waals surface area (Å²) in [6, 6.07) is 10.6. The van der Waals surface area contributed by atoms with E-state index in [-0.39, 0.29) is 24.0 Å². The number of hydrogen-bond donors (Lipinski definition) is 1. The molecule has 10 heteroatoms. The molecular weight excluding hydrogens is 535 g/mol. The van der Waals surface area contributed by atoms with Crippen molar-refractivity contribution in [3.8, 4) is 0 Å². The van der Waals surface area contributed by atoms with Gasteiger partial charge in [0.05, 0.1) is 6.54 Å². The van der Waals surface area contributed by atoms with Gasteiger partial charge in [0.2, 0.25) is 5.13 Å². The lowest BCUT2D eigenvalue weighted by atomic mass is 10.1. The fourth-order valence-electron chi connectivity index (χ4n) is 3.72. The summed E-state index contributed by atoms with van der Waals surface area (Å²) in [5.41, 5.74) is 1.34. The molecule has 1 N–H and O–H groups in total. The Balaban J connectivity index is 0.00000289. The minimum atomic E-state index is 0. The number of benzene rings is 1. The standard InChI is InChI=1S/C22H30N8S.HI/c1-3-19-26-22(31-27-19)30-15-13-29(14-16-30)21(23-2)25-17-20-24-10-12-28(20)11-9-18-7-5-4-6-8-18;/h4-8,10,12H,3,9,11,13-17H2,1-2H3,(H,23,25);1H. The van der Waals surface area contributed by atoms with E-state index in [1.807, 2.05) is 19.4 Å². The number of rotatable bonds is 7. The minimum absolute atomic E-state index is 0. The zero-order chi connectivity index (χ0) is 21.5. The molecule has 2 aromatic heterocycles. The molecule has 0 saturated carbocycles. The number of nitrogens with zero attached hydrogens (tertiary/aromatic N) is 7. The molecule has 32 heavy (non-hydrogen) atoms. The van der Waals surface area contributed by atoms with E-state index in [1.54, 1.807) is 0 Å². The number of imidazole rings is 1. The van der Waals surface area contributed by atoms with Crippen LogP contribution in [-0.2, 0) is 25.9 Å². The molecule has 0 bridgehead atoms. The average Bonchev–Trinajstić information content (AvgIpc) is 3.49. The average molecular weight is 567 g/mol. The number of aromatic nitrogens is 4. The van der Waals surface area contributed by atoms with Gasteiger partial charge in [-0.15, -0.1) is 24.0 Å². The Labute approximate surface area is 211 Å². The van der Waals surface area contributed by atoms with Crippen molar-refractivity contribution in [2.75, 3.05) is 38.1 Å². The highest BCUT2D eigenvalue weighted by molar-refractivity contribution is 14.0. The maximum Gasteiger partial charge on any atom is 0.205 e. The highest BCUT2D eigenvalue weighted by Gasteiger charge is 2.22. The molecule has 0 atom stereocenters. The fourth-order valence-corrected chi connectivity index (χ4v) is 4.52. The maximum absolute atomic E-state index is 4.62. The van der Waals surface area contributed by atoms with Gasteiger partial charge in [-0.1, -0.05) is 37.3 Å². The molecule has 0 unspecified atom stereocenters. The van der Waals surface area contributed by atoms with Gasteiger partial charge in [0.15, 0.2) is 5.96 Å². The molecule has 1 aliphatic rings. The number of aliphatic imine (C=N–C) groups is 1. The van der Waals surface area contributed by atoms with Crippen LogP contribution in [0, 0.1) is 0 Å². The van der Waals surface area contributed by atoms with E-state index < -0.39 is 0 Å². The van der Waals surface area contributed by atoms with Gasteiger partial charge >= 0.3 is 0 Å². The maximum atomic E-state index is 4.62. The van der Waals surface area contributed by atoms with Gasteiger partial charge in [-0.05, 0) is 12.0 Å². The predicted molar refractivity (Wildman–Crippen MR) is 141 cm³/mol. The normalized spacial score (nSPS) is 14.4. The van der Waals surface area contributed by atoms with Crippen molar-refractivity contribution in [1.29, 1.82) is 0 Å². The number of nitrogens with one attached hydrogen (secondary N) is 1. The number of guanidine groups is 1. The van der Waals surface area contributed by atoms with Crippen LogP contribution in [0.25, 0.3) is 0 Å². The first-order valence-electron chi connectivity index (χ1n) is 10.8. The van der Waals surface area contributed by atoms with Crippen LogP contribution in [0.3, 0.4) is 0 Å². The molecule has 1 aliphatic heterocycles. The molecule has 1 saturated heterocycles. The summed E-state index contributed by atoms with van der Waals surface area (Å²) in [7, 11) is 1.84. The minimum Gasteiger partial charge on any atom is -0.349 e. The molecule has 1 fully saturated rings. The summed E-state index contributed by atoms with van der Waals surface area (Å²) >= 11 is 1.50. The Morgan fingerprint density at radius 1 is 1.16 bits per heavy atom. The molecule has 3 heterocycles. The Morgan fingerprint density at radius 2 is 1.94 bits per heavy atom. The van der Waals surface area contributed by atoms with E-state index in [4.69, 9.17) is 0 Å². The van der Waals surface area contributed by atoms with Gasteiger partial charge in [-0.25, -0.2) is 9.97 Å². The first-order chi connectivity index (χ1) is 15.3. The molecule has 0 spiro atoms. The Hall–Kier alpha value is -2.21. The van der Waals surface area contributed by atoms with Gasteiger partial charge < -0.3 is 19.7 Å². The molecule has 0 aliphatic carbocycles. The molecule has 1 aromatic carbocycles. The van der Waals surface area contributed by atoms with E-state index in [9.17, 15) is 0 Å². The number of hydrogen-bond acceptors (Lipinski definition) is 6. The van der Waals surface area contributed by atoms with Crippen molar-refractivity contribution >= 4 is 46.6 Å². The summed E-state index contributed by atoms with van der Waals surface area (Å²) in [5, 5.41) is 4.52. The monoisotopic (exact) mass is 566 g/mol. The third-order valence-corrected chi connectivity index (χ3v) is 6.34. The van der Waals surface area contributed by atoms with Crippen LogP contribution >= 0.6 is 35.5 Å². The predicted octanol–water partition coefficient (Wildman–Crippen LogP) is 3.06. The Morgan fingerprint density at radius 3 is 2.62 bits per heavy atom. The van der Waals surface area contributed by atoms with Gasteiger partial charge in [0.25, 0.3) is 0 Å². The first-order valence-corrected chi connectivity index (χ1v) is 11.6. The smallest absolute Gasteiger partial charge is 0.205 e. The summed E-state index contributed by atoms with van der Waals surface area (Å²) in [4.78, 5) is 18.3. The largest absolute Gasteiger partial charge is 0.349 e. The highest BCUT2D eigenvalue weighted by Crippen LogP contribution is 2.19. The van der Waals surface area contributed by atoms with Crippen molar-refractivity contribution in [3.05, 3.63) is 59.9 Å². The molecule has 172 valence electrons. The van der Waals surface area contributed by atoms with Crippen molar-refractivity contribution < 1.29 is 0 Å². The summed E-state index contributed by atoms with van der Waals surface area (Å²) in [6.07, 6.45) is 5.80. The van der Waals surface area contributed by atoms with Gasteiger partial charge in [-0.3, -0.25) is 4.99 Å². The zero-order valence-electron chi connectivity index (χ0n) is 18.6. The van der Waals surface area contributed by atoms with E-state index in [0.717, 1.165) is 68.3 Å². The molecule has 0 radical (unpaired) electrons. The van der Waals surface area contributed by atoms with Gasteiger partial charge in [0.1, 0.15) is 11.6 Å². The van der Waals surface area contributed by atoms with Crippen molar-refractivity contribution in [2.45, 2.75) is 32.9 Å². The fraction of sp³-hybridized carbons (Fsp3) is 0.455. The van der Waals surface area contributed by atoms with E-state index in [1.165, 1.54) is 17.1 Å². The third kappa shape index (κ3) is 6.18. The topological polar surface area (TPSA) is 74.5 Å². The summed E-state index contributed by atoms with van der Waals surface area (Å²) in [6.45, 7) is 7.32. The lowest BCUT2D eigenvalue weighted by Crippen LogP contribution is -2.52. The van der Waals surface area contributed by atoms with Crippen molar-refractivity contribution in [3.63, 3.8) is 0 Å². The second-order valence-electron chi connectivity index (χ2n) is 7.49. The Bertz CT molecular complexity index is 979. The van der Waals surface area contributed by atoms with Crippen LogP contribution < -0.4 is 10.2 Å². The second-order valence-corrected chi connectivity index (χ2v) is 8.22. The van der Waals surface area contributed by atoms with Crippen molar-refractivity contribution in [1.82, 2.24) is 29.1 Å².